The first-order chi connectivity index (χ1) is 10.5. The first-order valence-corrected chi connectivity index (χ1v) is 7.37. The number of hydrogen-bond donors (Lipinski definition) is 2. The van der Waals surface area contributed by atoms with Gasteiger partial charge in [-0.05, 0) is 48.7 Å². The van der Waals surface area contributed by atoms with Gasteiger partial charge in [-0.15, -0.1) is 0 Å². The third-order valence-electron chi connectivity index (χ3n) is 3.24. The second kappa shape index (κ2) is 7.38. The van der Waals surface area contributed by atoms with Crippen molar-refractivity contribution in [2.75, 3.05) is 6.54 Å². The normalized spacial score (nSPS) is 12.0. The Morgan fingerprint density at radius 1 is 1.23 bits per heavy atom. The Balaban J connectivity index is 2.12. The third kappa shape index (κ3) is 4.29. The molecular weight excluding hydrogens is 305 g/mol. The van der Waals surface area contributed by atoms with Crippen LogP contribution in [-0.4, -0.2) is 23.7 Å². The SMILES string of the molecule is CC(O)CCNC(=O)c1ccc(-c2ccc(Cl)cc2)cc1F. The number of carbonyl (C=O) groups is 1. The van der Waals surface area contributed by atoms with Crippen molar-refractivity contribution in [3.8, 4) is 11.1 Å². The number of aliphatic hydroxyl groups is 1. The van der Waals surface area contributed by atoms with Gasteiger partial charge < -0.3 is 10.4 Å². The summed E-state index contributed by atoms with van der Waals surface area (Å²) in [5.41, 5.74) is 1.49. The van der Waals surface area contributed by atoms with Crippen LogP contribution >= 0.6 is 11.6 Å². The predicted octanol–water partition coefficient (Wildman–Crippen LogP) is 3.65. The molecular formula is C17H17ClFNO2. The Labute approximate surface area is 133 Å². The number of halogens is 2. The second-order valence-corrected chi connectivity index (χ2v) is 5.53. The lowest BCUT2D eigenvalue weighted by Crippen LogP contribution is -2.27. The maximum Gasteiger partial charge on any atom is 0.254 e. The largest absolute Gasteiger partial charge is 0.393 e. The monoisotopic (exact) mass is 321 g/mol. The molecule has 0 saturated heterocycles. The molecule has 0 aliphatic heterocycles. The minimum atomic E-state index is -0.581. The molecule has 2 aromatic carbocycles. The molecule has 0 saturated carbocycles. The number of aliphatic hydroxyl groups excluding tert-OH is 1. The summed E-state index contributed by atoms with van der Waals surface area (Å²) in [5.74, 6) is -1.07. The zero-order chi connectivity index (χ0) is 16.1. The summed E-state index contributed by atoms with van der Waals surface area (Å²) in [7, 11) is 0. The van der Waals surface area contributed by atoms with Gasteiger partial charge in [0.25, 0.3) is 5.91 Å². The van der Waals surface area contributed by atoms with Gasteiger partial charge in [-0.2, -0.15) is 0 Å². The van der Waals surface area contributed by atoms with Gasteiger partial charge in [0.2, 0.25) is 0 Å². The van der Waals surface area contributed by atoms with Gasteiger partial charge in [-0.1, -0.05) is 29.8 Å². The molecule has 0 heterocycles. The number of hydrogen-bond acceptors (Lipinski definition) is 2. The van der Waals surface area contributed by atoms with Crippen LogP contribution in [0.4, 0.5) is 4.39 Å². The highest BCUT2D eigenvalue weighted by Gasteiger charge is 2.12. The lowest BCUT2D eigenvalue weighted by Gasteiger charge is -2.09. The van der Waals surface area contributed by atoms with Gasteiger partial charge in [-0.3, -0.25) is 4.79 Å². The van der Waals surface area contributed by atoms with Crippen LogP contribution in [0.5, 0.6) is 0 Å². The van der Waals surface area contributed by atoms with Crippen LogP contribution in [0.1, 0.15) is 23.7 Å². The summed E-state index contributed by atoms with van der Waals surface area (Å²) in [4.78, 5) is 11.9. The molecule has 0 aliphatic rings. The van der Waals surface area contributed by atoms with Gasteiger partial charge >= 0.3 is 0 Å². The molecule has 0 aromatic heterocycles. The summed E-state index contributed by atoms with van der Waals surface area (Å²) < 4.78 is 14.1. The zero-order valence-corrected chi connectivity index (χ0v) is 12.9. The molecule has 1 atom stereocenters. The van der Waals surface area contributed by atoms with Crippen LogP contribution in [0.25, 0.3) is 11.1 Å². The fourth-order valence-electron chi connectivity index (χ4n) is 2.01. The van der Waals surface area contributed by atoms with Crippen molar-refractivity contribution in [2.45, 2.75) is 19.4 Å². The highest BCUT2D eigenvalue weighted by molar-refractivity contribution is 6.30. The first kappa shape index (κ1) is 16.5. The molecule has 1 unspecified atom stereocenters. The Morgan fingerprint density at radius 2 is 1.86 bits per heavy atom. The summed E-state index contributed by atoms with van der Waals surface area (Å²) in [5, 5.41) is 12.3. The summed E-state index contributed by atoms with van der Waals surface area (Å²) >= 11 is 5.82. The lowest BCUT2D eigenvalue weighted by molar-refractivity contribution is 0.0941. The Bertz CT molecular complexity index is 656. The molecule has 2 aromatic rings. The molecule has 3 nitrogen and oxygen atoms in total. The van der Waals surface area contributed by atoms with Gasteiger partial charge in [0.05, 0.1) is 11.7 Å². The van der Waals surface area contributed by atoms with Gasteiger partial charge in [0.15, 0.2) is 0 Å². The highest BCUT2D eigenvalue weighted by Crippen LogP contribution is 2.23. The maximum absolute atomic E-state index is 14.1. The fourth-order valence-corrected chi connectivity index (χ4v) is 2.14. The molecule has 0 aliphatic carbocycles. The predicted molar refractivity (Wildman–Crippen MR) is 85.5 cm³/mol. The van der Waals surface area contributed by atoms with Crippen LogP contribution in [0.2, 0.25) is 5.02 Å². The Morgan fingerprint density at radius 3 is 2.45 bits per heavy atom. The molecule has 1 amide bonds. The molecule has 0 bridgehead atoms. The number of carbonyl (C=O) groups excluding carboxylic acids is 1. The van der Waals surface area contributed by atoms with Crippen LogP contribution in [0.15, 0.2) is 42.5 Å². The van der Waals surface area contributed by atoms with Gasteiger partial charge in [-0.25, -0.2) is 4.39 Å². The van der Waals surface area contributed by atoms with Gasteiger partial charge in [0.1, 0.15) is 5.82 Å². The van der Waals surface area contributed by atoms with E-state index in [1.54, 1.807) is 37.3 Å². The summed E-state index contributed by atoms with van der Waals surface area (Å²) in [6.45, 7) is 1.93. The maximum atomic E-state index is 14.1. The molecule has 116 valence electrons. The van der Waals surface area contributed by atoms with Crippen molar-refractivity contribution in [1.29, 1.82) is 0 Å². The van der Waals surface area contributed by atoms with E-state index in [2.05, 4.69) is 5.32 Å². The van der Waals surface area contributed by atoms with E-state index >= 15 is 0 Å². The molecule has 0 spiro atoms. The van der Waals surface area contributed by atoms with Crippen molar-refractivity contribution >= 4 is 17.5 Å². The van der Waals surface area contributed by atoms with Crippen LogP contribution in [-0.2, 0) is 0 Å². The quantitative estimate of drug-likeness (QED) is 0.883. The minimum Gasteiger partial charge on any atom is -0.393 e. The Hall–Kier alpha value is -1.91. The topological polar surface area (TPSA) is 49.3 Å². The van der Waals surface area contributed by atoms with Crippen molar-refractivity contribution in [3.63, 3.8) is 0 Å². The minimum absolute atomic E-state index is 0.0108. The number of benzene rings is 2. The number of rotatable bonds is 5. The van der Waals surface area contributed by atoms with Crippen molar-refractivity contribution < 1.29 is 14.3 Å². The van der Waals surface area contributed by atoms with E-state index < -0.39 is 17.8 Å². The summed E-state index contributed by atoms with van der Waals surface area (Å²) in [6.07, 6.45) is -0.0756. The number of nitrogens with one attached hydrogen (secondary N) is 1. The van der Waals surface area contributed by atoms with E-state index in [1.807, 2.05) is 0 Å². The van der Waals surface area contributed by atoms with E-state index in [4.69, 9.17) is 16.7 Å². The van der Waals surface area contributed by atoms with Crippen molar-refractivity contribution in [1.82, 2.24) is 5.32 Å². The van der Waals surface area contributed by atoms with Crippen molar-refractivity contribution in [2.24, 2.45) is 0 Å². The second-order valence-electron chi connectivity index (χ2n) is 5.10. The molecule has 5 heteroatoms. The zero-order valence-electron chi connectivity index (χ0n) is 12.1. The van der Waals surface area contributed by atoms with Crippen molar-refractivity contribution in [3.05, 3.63) is 58.9 Å². The van der Waals surface area contributed by atoms with E-state index in [0.717, 1.165) is 5.56 Å². The van der Waals surface area contributed by atoms with Crippen LogP contribution in [0, 0.1) is 5.82 Å². The molecule has 0 fully saturated rings. The van der Waals surface area contributed by atoms with E-state index in [0.29, 0.717) is 23.6 Å². The first-order valence-electron chi connectivity index (χ1n) is 6.99. The molecule has 22 heavy (non-hydrogen) atoms. The van der Waals surface area contributed by atoms with Gasteiger partial charge in [0, 0.05) is 11.6 Å². The lowest BCUT2D eigenvalue weighted by atomic mass is 10.0. The van der Waals surface area contributed by atoms with E-state index in [9.17, 15) is 9.18 Å². The summed E-state index contributed by atoms with van der Waals surface area (Å²) in [6, 6.07) is 11.5. The average Bonchev–Trinajstić information content (AvgIpc) is 2.47. The number of amides is 1. The average molecular weight is 322 g/mol. The third-order valence-corrected chi connectivity index (χ3v) is 3.49. The standard InChI is InChI=1S/C17H17ClFNO2/c1-11(21)8-9-20-17(22)15-7-4-13(10-16(15)19)12-2-5-14(18)6-3-12/h2-7,10-11,21H,8-9H2,1H3,(H,20,22). The van der Waals surface area contributed by atoms with E-state index in [1.165, 1.54) is 12.1 Å². The highest BCUT2D eigenvalue weighted by atomic mass is 35.5. The van der Waals surface area contributed by atoms with Crippen LogP contribution < -0.4 is 5.32 Å². The smallest absolute Gasteiger partial charge is 0.254 e. The molecule has 2 rings (SSSR count). The van der Waals surface area contributed by atoms with E-state index in [-0.39, 0.29) is 5.56 Å². The Kier molecular flexibility index (Phi) is 5.52. The van der Waals surface area contributed by atoms with Crippen LogP contribution in [0.3, 0.4) is 0 Å². The molecule has 0 radical (unpaired) electrons. The molecule has 2 N–H and O–H groups in total. The fraction of sp³-hybridized carbons (Fsp3) is 0.235.